The lowest BCUT2D eigenvalue weighted by atomic mass is 9.79. The van der Waals surface area contributed by atoms with Gasteiger partial charge in [-0.15, -0.1) is 0 Å². The highest BCUT2D eigenvalue weighted by atomic mass is 35.5. The van der Waals surface area contributed by atoms with Crippen LogP contribution in [0, 0.1) is 5.92 Å². The number of methoxy groups -OCH3 is 1. The second kappa shape index (κ2) is 13.2. The molecule has 1 unspecified atom stereocenters. The second-order valence-corrected chi connectivity index (χ2v) is 9.21. The summed E-state index contributed by atoms with van der Waals surface area (Å²) in [6, 6.07) is 6.62. The normalized spacial score (nSPS) is 17.8. The molecule has 2 heterocycles. The van der Waals surface area contributed by atoms with Gasteiger partial charge in [-0.3, -0.25) is 14.5 Å². The Balaban J connectivity index is 1.92. The Morgan fingerprint density at radius 3 is 2.31 bits per heavy atom. The van der Waals surface area contributed by atoms with Crippen molar-refractivity contribution in [2.45, 2.75) is 20.8 Å². The molecule has 1 aromatic carbocycles. The van der Waals surface area contributed by atoms with Gasteiger partial charge < -0.3 is 19.5 Å². The van der Waals surface area contributed by atoms with Gasteiger partial charge in [0.1, 0.15) is 0 Å². The van der Waals surface area contributed by atoms with Crippen LogP contribution >= 0.6 is 11.6 Å². The number of hydrogen-bond acceptors (Lipinski definition) is 8. The minimum absolute atomic E-state index is 0.0115. The summed E-state index contributed by atoms with van der Waals surface area (Å²) in [7, 11) is 1.25. The number of nitrogens with one attached hydrogen (secondary N) is 1. The number of esters is 2. The standard InChI is InChI=1S/C29H31ClN2O7/c1-6-8-11-19(17(3)30)24-23(28(35)37-5)18(4)31-22(25(24)29(36)39-7-2)16-38-15-14-32-26(33)20-12-9-10-13-21(20)27(32)34/h6,8-13,24,31H,1,7,14-16H2,2-5H3/b11-8-,19-17-. The maximum absolute atomic E-state index is 13.3. The lowest BCUT2D eigenvalue weighted by Crippen LogP contribution is -2.37. The number of hydrogen-bond donors (Lipinski definition) is 1. The zero-order chi connectivity index (χ0) is 28.7. The Labute approximate surface area is 232 Å². The second-order valence-electron chi connectivity index (χ2n) is 8.64. The van der Waals surface area contributed by atoms with E-state index in [1.165, 1.54) is 7.11 Å². The summed E-state index contributed by atoms with van der Waals surface area (Å²) in [4.78, 5) is 52.6. The molecule has 1 N–H and O–H groups in total. The van der Waals surface area contributed by atoms with Crippen LogP contribution in [0.5, 0.6) is 0 Å². The summed E-state index contributed by atoms with van der Waals surface area (Å²) >= 11 is 6.46. The van der Waals surface area contributed by atoms with Crippen molar-refractivity contribution >= 4 is 35.4 Å². The number of carbonyl (C=O) groups excluding carboxylic acids is 4. The fourth-order valence-corrected chi connectivity index (χ4v) is 4.68. The van der Waals surface area contributed by atoms with Crippen molar-refractivity contribution in [3.05, 3.63) is 93.3 Å². The van der Waals surface area contributed by atoms with Crippen LogP contribution in [0.15, 0.2) is 82.2 Å². The number of dihydropyridines is 1. The van der Waals surface area contributed by atoms with Gasteiger partial charge in [0.15, 0.2) is 0 Å². The van der Waals surface area contributed by atoms with Crippen molar-refractivity contribution in [2.24, 2.45) is 5.92 Å². The van der Waals surface area contributed by atoms with Gasteiger partial charge in [0.2, 0.25) is 0 Å². The Hall–Kier alpha value is -3.95. The summed E-state index contributed by atoms with van der Waals surface area (Å²) in [5.41, 5.74) is 2.31. The molecule has 39 heavy (non-hydrogen) atoms. The summed E-state index contributed by atoms with van der Waals surface area (Å²) in [5.74, 6) is -2.99. The average molecular weight is 555 g/mol. The molecule has 1 aromatic rings. The summed E-state index contributed by atoms with van der Waals surface area (Å²) < 4.78 is 16.2. The van der Waals surface area contributed by atoms with E-state index in [0.29, 0.717) is 33.1 Å². The van der Waals surface area contributed by atoms with Crippen LogP contribution in [0.4, 0.5) is 0 Å². The molecule has 0 saturated carbocycles. The fourth-order valence-electron chi connectivity index (χ4n) is 4.51. The SMILES string of the molecule is C=C/C=C\C(=C(/C)Cl)C1C(C(=O)OC)=C(C)NC(COCCN2C(=O)c3ccccc3C2=O)=C1C(=O)OCC. The number of benzene rings is 1. The van der Waals surface area contributed by atoms with E-state index in [0.717, 1.165) is 4.90 Å². The third kappa shape index (κ3) is 6.21. The van der Waals surface area contributed by atoms with Crippen LogP contribution in [0.1, 0.15) is 41.5 Å². The molecule has 0 bridgehead atoms. The van der Waals surface area contributed by atoms with Crippen LogP contribution in [-0.2, 0) is 23.8 Å². The van der Waals surface area contributed by atoms with Crippen LogP contribution < -0.4 is 5.32 Å². The number of ether oxygens (including phenoxy) is 3. The summed E-state index contributed by atoms with van der Waals surface area (Å²) in [6.45, 7) is 8.72. The predicted molar refractivity (Wildman–Crippen MR) is 146 cm³/mol. The highest BCUT2D eigenvalue weighted by molar-refractivity contribution is 6.30. The molecule has 9 nitrogen and oxygen atoms in total. The molecule has 206 valence electrons. The molecule has 2 amide bonds. The first-order chi connectivity index (χ1) is 18.7. The third-order valence-corrected chi connectivity index (χ3v) is 6.47. The zero-order valence-electron chi connectivity index (χ0n) is 22.3. The van der Waals surface area contributed by atoms with Crippen molar-refractivity contribution < 1.29 is 33.4 Å². The van der Waals surface area contributed by atoms with E-state index < -0.39 is 17.9 Å². The number of halogens is 1. The van der Waals surface area contributed by atoms with E-state index in [4.69, 9.17) is 25.8 Å². The molecular formula is C29H31ClN2O7. The zero-order valence-corrected chi connectivity index (χ0v) is 23.1. The smallest absolute Gasteiger partial charge is 0.336 e. The number of imide groups is 1. The van der Waals surface area contributed by atoms with Gasteiger partial charge >= 0.3 is 11.9 Å². The number of amides is 2. The van der Waals surface area contributed by atoms with E-state index in [9.17, 15) is 19.2 Å². The van der Waals surface area contributed by atoms with Crippen LogP contribution in [0.3, 0.4) is 0 Å². The van der Waals surface area contributed by atoms with E-state index in [-0.39, 0.29) is 49.3 Å². The van der Waals surface area contributed by atoms with Gasteiger partial charge in [0.25, 0.3) is 11.8 Å². The molecule has 0 saturated heterocycles. The van der Waals surface area contributed by atoms with Gasteiger partial charge in [-0.1, -0.05) is 48.5 Å². The maximum atomic E-state index is 13.3. The largest absolute Gasteiger partial charge is 0.466 e. The maximum Gasteiger partial charge on any atom is 0.336 e. The minimum atomic E-state index is -0.915. The Morgan fingerprint density at radius 2 is 1.77 bits per heavy atom. The molecule has 0 aromatic heterocycles. The van der Waals surface area contributed by atoms with Gasteiger partial charge in [-0.25, -0.2) is 9.59 Å². The fraction of sp³-hybridized carbons (Fsp3) is 0.310. The van der Waals surface area contributed by atoms with Crippen molar-refractivity contribution in [3.8, 4) is 0 Å². The first kappa shape index (κ1) is 29.6. The topological polar surface area (TPSA) is 111 Å². The molecule has 0 radical (unpaired) electrons. The Bertz CT molecular complexity index is 1280. The number of rotatable bonds is 11. The molecule has 0 fully saturated rings. The van der Waals surface area contributed by atoms with Gasteiger partial charge in [0.05, 0.1) is 67.4 Å². The van der Waals surface area contributed by atoms with Crippen LogP contribution in [-0.4, -0.2) is 62.1 Å². The van der Waals surface area contributed by atoms with E-state index in [1.807, 2.05) is 0 Å². The van der Waals surface area contributed by atoms with Gasteiger partial charge in [-0.05, 0) is 38.5 Å². The van der Waals surface area contributed by atoms with Crippen molar-refractivity contribution in [1.29, 1.82) is 0 Å². The molecular weight excluding hydrogens is 524 g/mol. The third-order valence-electron chi connectivity index (χ3n) is 6.25. The number of nitrogens with zero attached hydrogens (tertiary/aromatic N) is 1. The molecule has 0 spiro atoms. The minimum Gasteiger partial charge on any atom is -0.466 e. The molecule has 0 aliphatic carbocycles. The lowest BCUT2D eigenvalue weighted by molar-refractivity contribution is -0.139. The highest BCUT2D eigenvalue weighted by Gasteiger charge is 2.40. The molecule has 1 atom stereocenters. The molecule has 2 aliphatic heterocycles. The Morgan fingerprint density at radius 1 is 1.13 bits per heavy atom. The van der Waals surface area contributed by atoms with E-state index in [1.54, 1.807) is 63.3 Å². The predicted octanol–water partition coefficient (Wildman–Crippen LogP) is 4.04. The number of fused-ring (bicyclic) bond motifs is 1. The van der Waals surface area contributed by atoms with E-state index in [2.05, 4.69) is 11.9 Å². The van der Waals surface area contributed by atoms with Crippen molar-refractivity contribution in [2.75, 3.05) is 33.5 Å². The monoisotopic (exact) mass is 554 g/mol. The van der Waals surface area contributed by atoms with Gasteiger partial charge in [0, 0.05) is 10.7 Å². The summed E-state index contributed by atoms with van der Waals surface area (Å²) in [5, 5.41) is 3.44. The summed E-state index contributed by atoms with van der Waals surface area (Å²) in [6.07, 6.45) is 4.86. The molecule has 3 rings (SSSR count). The van der Waals surface area contributed by atoms with E-state index >= 15 is 0 Å². The molecule has 10 heteroatoms. The van der Waals surface area contributed by atoms with Crippen molar-refractivity contribution in [1.82, 2.24) is 10.2 Å². The molecule has 2 aliphatic rings. The number of allylic oxidation sites excluding steroid dienone is 6. The van der Waals surface area contributed by atoms with Crippen molar-refractivity contribution in [3.63, 3.8) is 0 Å². The number of carbonyl (C=O) groups is 4. The van der Waals surface area contributed by atoms with Crippen LogP contribution in [0.25, 0.3) is 0 Å². The Kier molecular flexibility index (Phi) is 10.0. The van der Waals surface area contributed by atoms with Crippen LogP contribution in [0.2, 0.25) is 0 Å². The highest BCUT2D eigenvalue weighted by Crippen LogP contribution is 2.39. The first-order valence-electron chi connectivity index (χ1n) is 12.3. The first-order valence-corrected chi connectivity index (χ1v) is 12.7. The van der Waals surface area contributed by atoms with Gasteiger partial charge in [-0.2, -0.15) is 0 Å². The lowest BCUT2D eigenvalue weighted by Gasteiger charge is -2.32. The quantitative estimate of drug-likeness (QED) is 0.189. The average Bonchev–Trinajstić information content (AvgIpc) is 3.15.